The molecule has 2 unspecified atom stereocenters. The van der Waals surface area contributed by atoms with Crippen LogP contribution in [-0.4, -0.2) is 43.4 Å². The summed E-state index contributed by atoms with van der Waals surface area (Å²) in [5.41, 5.74) is 0.433. The predicted octanol–water partition coefficient (Wildman–Crippen LogP) is 2.34. The smallest absolute Gasteiger partial charge is 0.253 e. The molecule has 1 aliphatic rings. The number of amides is 1. The van der Waals surface area contributed by atoms with Crippen molar-refractivity contribution in [1.82, 2.24) is 4.90 Å². The second-order valence-corrected chi connectivity index (χ2v) is 8.52. The fourth-order valence-corrected chi connectivity index (χ4v) is 3.53. The van der Waals surface area contributed by atoms with Crippen molar-refractivity contribution in [1.29, 1.82) is 0 Å². The van der Waals surface area contributed by atoms with Gasteiger partial charge < -0.3 is 4.90 Å². The third kappa shape index (κ3) is 3.41. The van der Waals surface area contributed by atoms with E-state index < -0.39 is 9.84 Å². The number of sulfone groups is 1. The molecule has 1 aromatic rings. The molecule has 0 saturated carbocycles. The van der Waals surface area contributed by atoms with Gasteiger partial charge in [-0.05, 0) is 30.5 Å². The first-order chi connectivity index (χ1) is 9.29. The van der Waals surface area contributed by atoms with Gasteiger partial charge in [-0.2, -0.15) is 0 Å². The molecule has 0 bridgehead atoms. The minimum absolute atomic E-state index is 0.105. The van der Waals surface area contributed by atoms with Crippen LogP contribution in [0.3, 0.4) is 0 Å². The van der Waals surface area contributed by atoms with Crippen molar-refractivity contribution in [3.8, 4) is 0 Å². The Kier molecular flexibility index (Phi) is 4.54. The van der Waals surface area contributed by atoms with Crippen LogP contribution in [0, 0.1) is 5.92 Å². The third-order valence-corrected chi connectivity index (χ3v) is 5.97. The van der Waals surface area contributed by atoms with Gasteiger partial charge in [-0.15, -0.1) is 0 Å². The van der Waals surface area contributed by atoms with Crippen molar-refractivity contribution in [3.63, 3.8) is 0 Å². The summed E-state index contributed by atoms with van der Waals surface area (Å²) >= 11 is 3.59. The van der Waals surface area contributed by atoms with Gasteiger partial charge >= 0.3 is 0 Å². The Morgan fingerprint density at radius 1 is 1.40 bits per heavy atom. The molecule has 1 fully saturated rings. The SMILES string of the molecule is CC1CCN(C(=O)c2cccc(S(C)(=O)=O)c2)CC1Br. The number of carbonyl (C=O) groups excluding carboxylic acids is 1. The van der Waals surface area contributed by atoms with E-state index in [9.17, 15) is 13.2 Å². The molecule has 1 aromatic carbocycles. The zero-order chi connectivity index (χ0) is 14.9. The lowest BCUT2D eigenvalue weighted by Gasteiger charge is -2.34. The lowest BCUT2D eigenvalue weighted by atomic mass is 9.98. The van der Waals surface area contributed by atoms with Gasteiger partial charge in [-0.25, -0.2) is 8.42 Å². The maximum Gasteiger partial charge on any atom is 0.253 e. The number of halogens is 1. The topological polar surface area (TPSA) is 54.5 Å². The highest BCUT2D eigenvalue weighted by atomic mass is 79.9. The molecule has 2 atom stereocenters. The Labute approximate surface area is 128 Å². The van der Waals surface area contributed by atoms with E-state index in [4.69, 9.17) is 0 Å². The van der Waals surface area contributed by atoms with Crippen LogP contribution in [0.1, 0.15) is 23.7 Å². The normalized spacial score (nSPS) is 23.6. The van der Waals surface area contributed by atoms with Crippen LogP contribution < -0.4 is 0 Å². The Morgan fingerprint density at radius 3 is 2.70 bits per heavy atom. The number of alkyl halides is 1. The largest absolute Gasteiger partial charge is 0.338 e. The molecule has 1 amide bonds. The number of likely N-dealkylation sites (tertiary alicyclic amines) is 1. The number of piperidine rings is 1. The average molecular weight is 360 g/mol. The molecule has 0 N–H and O–H groups in total. The lowest BCUT2D eigenvalue weighted by Crippen LogP contribution is -2.43. The van der Waals surface area contributed by atoms with Gasteiger partial charge in [0.25, 0.3) is 5.91 Å². The second-order valence-electron chi connectivity index (χ2n) is 5.33. The van der Waals surface area contributed by atoms with Gasteiger partial charge in [0, 0.05) is 29.7 Å². The molecule has 0 aromatic heterocycles. The van der Waals surface area contributed by atoms with Gasteiger partial charge in [-0.1, -0.05) is 28.9 Å². The highest BCUT2D eigenvalue weighted by Gasteiger charge is 2.27. The molecule has 20 heavy (non-hydrogen) atoms. The molecule has 1 saturated heterocycles. The number of nitrogens with zero attached hydrogens (tertiary/aromatic N) is 1. The second kappa shape index (κ2) is 5.85. The molecule has 6 heteroatoms. The Morgan fingerprint density at radius 2 is 2.10 bits per heavy atom. The highest BCUT2D eigenvalue weighted by Crippen LogP contribution is 2.24. The molecule has 0 radical (unpaired) electrons. The van der Waals surface area contributed by atoms with Crippen molar-refractivity contribution in [2.24, 2.45) is 5.92 Å². The zero-order valence-corrected chi connectivity index (χ0v) is 13.9. The van der Waals surface area contributed by atoms with E-state index in [0.717, 1.165) is 12.7 Å². The van der Waals surface area contributed by atoms with Crippen LogP contribution in [0.4, 0.5) is 0 Å². The minimum atomic E-state index is -3.29. The van der Waals surface area contributed by atoms with E-state index in [-0.39, 0.29) is 10.8 Å². The van der Waals surface area contributed by atoms with Crippen LogP contribution >= 0.6 is 15.9 Å². The summed E-state index contributed by atoms with van der Waals surface area (Å²) in [6.45, 7) is 3.53. The summed E-state index contributed by atoms with van der Waals surface area (Å²) < 4.78 is 23.1. The first-order valence-electron chi connectivity index (χ1n) is 6.52. The molecule has 1 heterocycles. The number of rotatable bonds is 2. The van der Waals surface area contributed by atoms with Gasteiger partial charge in [0.2, 0.25) is 0 Å². The van der Waals surface area contributed by atoms with Gasteiger partial charge in [-0.3, -0.25) is 4.79 Å². The highest BCUT2D eigenvalue weighted by molar-refractivity contribution is 9.09. The first-order valence-corrected chi connectivity index (χ1v) is 9.33. The summed E-state index contributed by atoms with van der Waals surface area (Å²) in [5.74, 6) is 0.438. The summed E-state index contributed by atoms with van der Waals surface area (Å²) in [6.07, 6.45) is 2.10. The van der Waals surface area contributed by atoms with E-state index in [1.54, 1.807) is 17.0 Å². The fourth-order valence-electron chi connectivity index (χ4n) is 2.25. The van der Waals surface area contributed by atoms with Crippen molar-refractivity contribution >= 4 is 31.7 Å². The molecular weight excluding hydrogens is 342 g/mol. The van der Waals surface area contributed by atoms with E-state index in [2.05, 4.69) is 22.9 Å². The van der Waals surface area contributed by atoms with Crippen LogP contribution in [0.2, 0.25) is 0 Å². The number of benzene rings is 1. The van der Waals surface area contributed by atoms with Crippen LogP contribution in [0.15, 0.2) is 29.2 Å². The van der Waals surface area contributed by atoms with Crippen LogP contribution in [-0.2, 0) is 9.84 Å². The van der Waals surface area contributed by atoms with Crippen LogP contribution in [0.5, 0.6) is 0 Å². The van der Waals surface area contributed by atoms with Crippen molar-refractivity contribution in [3.05, 3.63) is 29.8 Å². The van der Waals surface area contributed by atoms with Crippen molar-refractivity contribution in [2.45, 2.75) is 23.1 Å². The summed E-state index contributed by atoms with van der Waals surface area (Å²) in [6, 6.07) is 6.25. The molecule has 4 nitrogen and oxygen atoms in total. The number of hydrogen-bond donors (Lipinski definition) is 0. The van der Waals surface area contributed by atoms with Gasteiger partial charge in [0.15, 0.2) is 9.84 Å². The molecular formula is C14H18BrNO3S. The fraction of sp³-hybridized carbons (Fsp3) is 0.500. The number of carbonyl (C=O) groups is 1. The molecule has 1 aliphatic heterocycles. The van der Waals surface area contributed by atoms with E-state index >= 15 is 0 Å². The first kappa shape index (κ1) is 15.5. The van der Waals surface area contributed by atoms with E-state index in [0.29, 0.717) is 29.4 Å². The maximum absolute atomic E-state index is 12.4. The predicted molar refractivity (Wildman–Crippen MR) is 82.0 cm³/mol. The molecule has 2 rings (SSSR count). The number of hydrogen-bond acceptors (Lipinski definition) is 3. The quantitative estimate of drug-likeness (QED) is 0.761. The van der Waals surface area contributed by atoms with Crippen molar-refractivity contribution < 1.29 is 13.2 Å². The Hall–Kier alpha value is -0.880. The third-order valence-electron chi connectivity index (χ3n) is 3.66. The lowest BCUT2D eigenvalue weighted by molar-refractivity contribution is 0.0705. The monoisotopic (exact) mass is 359 g/mol. The standard InChI is InChI=1S/C14H18BrNO3S/c1-10-6-7-16(9-13(10)15)14(17)11-4-3-5-12(8-11)20(2,18)19/h3-5,8,10,13H,6-7,9H2,1-2H3. The zero-order valence-electron chi connectivity index (χ0n) is 11.5. The summed E-state index contributed by atoms with van der Waals surface area (Å²) in [5, 5.41) is 0. The Balaban J connectivity index is 2.22. The van der Waals surface area contributed by atoms with Gasteiger partial charge in [0.05, 0.1) is 4.90 Å². The summed E-state index contributed by atoms with van der Waals surface area (Å²) in [7, 11) is -3.29. The van der Waals surface area contributed by atoms with E-state index in [1.165, 1.54) is 12.1 Å². The summed E-state index contributed by atoms with van der Waals surface area (Å²) in [4.78, 5) is 14.7. The minimum Gasteiger partial charge on any atom is -0.338 e. The maximum atomic E-state index is 12.4. The molecule has 110 valence electrons. The van der Waals surface area contributed by atoms with E-state index in [1.807, 2.05) is 0 Å². The van der Waals surface area contributed by atoms with Gasteiger partial charge in [0.1, 0.15) is 0 Å². The molecule has 0 spiro atoms. The van der Waals surface area contributed by atoms with Crippen LogP contribution in [0.25, 0.3) is 0 Å². The average Bonchev–Trinajstić information content (AvgIpc) is 2.40. The Bertz CT molecular complexity index is 615. The molecule has 0 aliphatic carbocycles. The van der Waals surface area contributed by atoms with Crippen molar-refractivity contribution in [2.75, 3.05) is 19.3 Å².